The summed E-state index contributed by atoms with van der Waals surface area (Å²) >= 11 is 6.02. The summed E-state index contributed by atoms with van der Waals surface area (Å²) < 4.78 is 0. The van der Waals surface area contributed by atoms with Crippen LogP contribution in [-0.2, 0) is 4.79 Å². The third-order valence-corrected chi connectivity index (χ3v) is 3.42. The highest BCUT2D eigenvalue weighted by Crippen LogP contribution is 2.21. The van der Waals surface area contributed by atoms with Crippen molar-refractivity contribution in [3.8, 4) is 0 Å². The molecule has 1 amide bonds. The summed E-state index contributed by atoms with van der Waals surface area (Å²) in [7, 11) is 0. The fraction of sp³-hybridized carbons (Fsp3) is 0.917. The molecule has 0 aliphatic carbocycles. The van der Waals surface area contributed by atoms with Crippen molar-refractivity contribution in [2.45, 2.75) is 51.3 Å². The van der Waals surface area contributed by atoms with Crippen LogP contribution in [0, 0.1) is 5.92 Å². The molecule has 0 spiro atoms. The van der Waals surface area contributed by atoms with E-state index in [-0.39, 0.29) is 11.3 Å². The minimum atomic E-state index is 0.179. The minimum Gasteiger partial charge on any atom is -0.341 e. The number of likely N-dealkylation sites (tertiary alicyclic amines) is 1. The van der Waals surface area contributed by atoms with Gasteiger partial charge in [0, 0.05) is 19.0 Å². The molecule has 0 radical (unpaired) electrons. The van der Waals surface area contributed by atoms with Gasteiger partial charge in [-0.25, -0.2) is 0 Å². The third-order valence-electron chi connectivity index (χ3n) is 3.07. The second-order valence-electron chi connectivity index (χ2n) is 4.44. The fourth-order valence-electron chi connectivity index (χ4n) is 2.26. The topological polar surface area (TPSA) is 20.3 Å². The van der Waals surface area contributed by atoms with Gasteiger partial charge in [0.15, 0.2) is 0 Å². The number of rotatable bonds is 5. The number of halogens is 1. The predicted octanol–water partition coefficient (Wildman–Crippen LogP) is 3.04. The van der Waals surface area contributed by atoms with Crippen LogP contribution in [0.2, 0.25) is 0 Å². The van der Waals surface area contributed by atoms with E-state index >= 15 is 0 Å². The summed E-state index contributed by atoms with van der Waals surface area (Å²) in [5.41, 5.74) is 0. The van der Waals surface area contributed by atoms with Crippen LogP contribution in [0.1, 0.15) is 46.0 Å². The van der Waals surface area contributed by atoms with Gasteiger partial charge in [-0.05, 0) is 19.3 Å². The van der Waals surface area contributed by atoms with E-state index in [1.807, 2.05) is 4.90 Å². The molecule has 88 valence electrons. The molecule has 1 unspecified atom stereocenters. The normalized spacial score (nSPS) is 21.3. The zero-order valence-electron chi connectivity index (χ0n) is 9.84. The number of hydrogen-bond acceptors (Lipinski definition) is 1. The molecule has 1 rings (SSSR count). The summed E-state index contributed by atoms with van der Waals surface area (Å²) in [5, 5.41) is 0.179. The molecule has 1 heterocycles. The lowest BCUT2D eigenvalue weighted by Gasteiger charge is -2.22. The van der Waals surface area contributed by atoms with E-state index in [2.05, 4.69) is 13.8 Å². The van der Waals surface area contributed by atoms with Gasteiger partial charge in [0.1, 0.15) is 0 Å². The second-order valence-corrected chi connectivity index (χ2v) is 5.06. The quantitative estimate of drug-likeness (QED) is 0.666. The Balaban J connectivity index is 2.47. The molecular formula is C12H22ClNO. The van der Waals surface area contributed by atoms with E-state index < -0.39 is 0 Å². The maximum absolute atomic E-state index is 12.1. The Labute approximate surface area is 98.0 Å². The molecule has 3 heteroatoms. The van der Waals surface area contributed by atoms with Crippen molar-refractivity contribution in [2.24, 2.45) is 5.92 Å². The minimum absolute atomic E-state index is 0.179. The smallest absolute Gasteiger partial charge is 0.225 e. The van der Waals surface area contributed by atoms with Crippen LogP contribution in [-0.4, -0.2) is 29.3 Å². The summed E-state index contributed by atoms with van der Waals surface area (Å²) in [6.07, 6.45) is 5.19. The van der Waals surface area contributed by atoms with Gasteiger partial charge in [-0.3, -0.25) is 4.79 Å². The Kier molecular flexibility index (Phi) is 5.44. The molecule has 1 fully saturated rings. The average Bonchev–Trinajstić information content (AvgIpc) is 2.63. The van der Waals surface area contributed by atoms with Crippen LogP contribution >= 0.6 is 11.6 Å². The van der Waals surface area contributed by atoms with Gasteiger partial charge in [0.25, 0.3) is 0 Å². The second kappa shape index (κ2) is 6.37. The maximum Gasteiger partial charge on any atom is 0.225 e. The number of amides is 1. The highest BCUT2D eigenvalue weighted by atomic mass is 35.5. The van der Waals surface area contributed by atoms with Crippen molar-refractivity contribution in [3.05, 3.63) is 0 Å². The Morgan fingerprint density at radius 1 is 1.40 bits per heavy atom. The molecule has 0 aromatic carbocycles. The Bertz CT molecular complexity index is 202. The molecule has 0 saturated carbocycles. The van der Waals surface area contributed by atoms with Crippen molar-refractivity contribution < 1.29 is 4.79 Å². The zero-order chi connectivity index (χ0) is 11.3. The van der Waals surface area contributed by atoms with Crippen LogP contribution in [0.4, 0.5) is 0 Å². The lowest BCUT2D eigenvalue weighted by molar-refractivity contribution is -0.134. The Morgan fingerprint density at radius 2 is 2.00 bits per heavy atom. The fourth-order valence-corrected chi connectivity index (χ4v) is 2.53. The van der Waals surface area contributed by atoms with Crippen molar-refractivity contribution in [1.82, 2.24) is 4.90 Å². The van der Waals surface area contributed by atoms with Gasteiger partial charge in [-0.1, -0.05) is 26.7 Å². The predicted molar refractivity (Wildman–Crippen MR) is 64.1 cm³/mol. The van der Waals surface area contributed by atoms with Gasteiger partial charge in [-0.15, -0.1) is 11.6 Å². The highest BCUT2D eigenvalue weighted by Gasteiger charge is 2.28. The molecule has 0 bridgehead atoms. The number of carbonyl (C=O) groups is 1. The van der Waals surface area contributed by atoms with Crippen molar-refractivity contribution in [3.63, 3.8) is 0 Å². The molecule has 0 aromatic heterocycles. The Hall–Kier alpha value is -0.240. The summed E-state index contributed by atoms with van der Waals surface area (Å²) in [5.74, 6) is 0.573. The number of nitrogens with zero attached hydrogens (tertiary/aromatic N) is 1. The summed E-state index contributed by atoms with van der Waals surface area (Å²) in [6, 6.07) is 0. The van der Waals surface area contributed by atoms with Gasteiger partial charge in [-0.2, -0.15) is 0 Å². The summed E-state index contributed by atoms with van der Waals surface area (Å²) in [4.78, 5) is 14.1. The largest absolute Gasteiger partial charge is 0.341 e. The Morgan fingerprint density at radius 3 is 2.40 bits per heavy atom. The average molecular weight is 232 g/mol. The van der Waals surface area contributed by atoms with Crippen LogP contribution in [0.25, 0.3) is 0 Å². The first kappa shape index (κ1) is 12.8. The van der Waals surface area contributed by atoms with E-state index in [0.717, 1.165) is 45.2 Å². The molecule has 1 aliphatic heterocycles. The lowest BCUT2D eigenvalue weighted by Crippen LogP contribution is -2.34. The maximum atomic E-state index is 12.1. The standard InChI is InChI=1S/C12H22ClNO/c1-3-5-10(6-4-2)12(15)14-8-7-11(13)9-14/h10-11H,3-9H2,1-2H3. The molecule has 0 aromatic rings. The van der Waals surface area contributed by atoms with Crippen LogP contribution in [0.15, 0.2) is 0 Å². The summed E-state index contributed by atoms with van der Waals surface area (Å²) in [6.45, 7) is 5.90. The first-order valence-electron chi connectivity index (χ1n) is 6.11. The van der Waals surface area contributed by atoms with Crippen molar-refractivity contribution in [1.29, 1.82) is 0 Å². The SMILES string of the molecule is CCCC(CCC)C(=O)N1CCC(Cl)C1. The molecular weight excluding hydrogens is 210 g/mol. The molecule has 2 nitrogen and oxygen atoms in total. The van der Waals surface area contributed by atoms with Gasteiger partial charge < -0.3 is 4.90 Å². The van der Waals surface area contributed by atoms with Crippen LogP contribution in [0.5, 0.6) is 0 Å². The van der Waals surface area contributed by atoms with Crippen LogP contribution < -0.4 is 0 Å². The van der Waals surface area contributed by atoms with Gasteiger partial charge >= 0.3 is 0 Å². The van der Waals surface area contributed by atoms with E-state index in [4.69, 9.17) is 11.6 Å². The zero-order valence-corrected chi connectivity index (χ0v) is 10.6. The van der Waals surface area contributed by atoms with Crippen LogP contribution in [0.3, 0.4) is 0 Å². The van der Waals surface area contributed by atoms with E-state index in [1.54, 1.807) is 0 Å². The number of alkyl halides is 1. The molecule has 1 saturated heterocycles. The number of carbonyl (C=O) groups excluding carboxylic acids is 1. The van der Waals surface area contributed by atoms with Crippen molar-refractivity contribution >= 4 is 17.5 Å². The van der Waals surface area contributed by atoms with E-state index in [0.29, 0.717) is 5.91 Å². The highest BCUT2D eigenvalue weighted by molar-refractivity contribution is 6.21. The van der Waals surface area contributed by atoms with E-state index in [1.165, 1.54) is 0 Å². The van der Waals surface area contributed by atoms with Gasteiger partial charge in [0.05, 0.1) is 5.38 Å². The molecule has 0 N–H and O–H groups in total. The van der Waals surface area contributed by atoms with Gasteiger partial charge in [0.2, 0.25) is 5.91 Å². The molecule has 15 heavy (non-hydrogen) atoms. The number of hydrogen-bond donors (Lipinski definition) is 0. The third kappa shape index (κ3) is 3.67. The molecule has 1 atom stereocenters. The van der Waals surface area contributed by atoms with E-state index in [9.17, 15) is 4.79 Å². The lowest BCUT2D eigenvalue weighted by atomic mass is 9.97. The van der Waals surface area contributed by atoms with Crippen molar-refractivity contribution in [2.75, 3.05) is 13.1 Å². The molecule has 1 aliphatic rings. The first-order chi connectivity index (χ1) is 7.19. The first-order valence-corrected chi connectivity index (χ1v) is 6.55. The monoisotopic (exact) mass is 231 g/mol.